The first kappa shape index (κ1) is 15.5. The Kier molecular flexibility index (Phi) is 5.87. The third kappa shape index (κ3) is 4.93. The Morgan fingerprint density at radius 3 is 1.74 bits per heavy atom. The maximum atomic E-state index is 10.0. The molecule has 2 rings (SSSR count). The average molecular weight is 264 g/mol. The highest BCUT2D eigenvalue weighted by Crippen LogP contribution is 2.25. The Morgan fingerprint density at radius 1 is 1.05 bits per heavy atom. The SMILES string of the molecule is CC(C)c1ccccc1C(C)C.CC1COC(=O)O1. The number of hydrogen-bond donors (Lipinski definition) is 0. The number of rotatable bonds is 2. The highest BCUT2D eigenvalue weighted by molar-refractivity contribution is 5.61. The Morgan fingerprint density at radius 2 is 1.53 bits per heavy atom. The molecule has 1 aromatic rings. The summed E-state index contributed by atoms with van der Waals surface area (Å²) in [5, 5.41) is 0. The molecule has 1 aliphatic rings. The largest absolute Gasteiger partial charge is 0.508 e. The molecule has 0 amide bonds. The Labute approximate surface area is 115 Å². The Balaban J connectivity index is 0.000000218. The van der Waals surface area contributed by atoms with Crippen LogP contribution in [0.15, 0.2) is 24.3 Å². The van der Waals surface area contributed by atoms with E-state index in [1.165, 1.54) is 11.1 Å². The molecule has 0 saturated carbocycles. The summed E-state index contributed by atoms with van der Waals surface area (Å²) in [6.45, 7) is 11.2. The van der Waals surface area contributed by atoms with Crippen LogP contribution in [0.2, 0.25) is 0 Å². The fourth-order valence-electron chi connectivity index (χ4n) is 1.98. The van der Waals surface area contributed by atoms with Crippen LogP contribution in [-0.2, 0) is 9.47 Å². The molecular formula is C16H24O3. The van der Waals surface area contributed by atoms with Crippen LogP contribution in [0.3, 0.4) is 0 Å². The molecule has 1 fully saturated rings. The van der Waals surface area contributed by atoms with E-state index in [1.54, 1.807) is 6.92 Å². The number of cyclic esters (lactones) is 2. The van der Waals surface area contributed by atoms with Gasteiger partial charge in [0, 0.05) is 0 Å². The second kappa shape index (κ2) is 7.17. The van der Waals surface area contributed by atoms with Gasteiger partial charge < -0.3 is 9.47 Å². The van der Waals surface area contributed by atoms with E-state index in [0.717, 1.165) is 0 Å². The molecule has 3 heteroatoms. The van der Waals surface area contributed by atoms with E-state index in [9.17, 15) is 4.79 Å². The first-order valence-electron chi connectivity index (χ1n) is 6.84. The van der Waals surface area contributed by atoms with Crippen LogP contribution in [0.5, 0.6) is 0 Å². The summed E-state index contributed by atoms with van der Waals surface area (Å²) in [5.41, 5.74) is 2.99. The van der Waals surface area contributed by atoms with Crippen molar-refractivity contribution in [3.8, 4) is 0 Å². The van der Waals surface area contributed by atoms with Gasteiger partial charge in [-0.15, -0.1) is 0 Å². The second-order valence-electron chi connectivity index (χ2n) is 5.43. The van der Waals surface area contributed by atoms with Gasteiger partial charge in [0.05, 0.1) is 0 Å². The van der Waals surface area contributed by atoms with Gasteiger partial charge >= 0.3 is 6.16 Å². The monoisotopic (exact) mass is 264 g/mol. The van der Waals surface area contributed by atoms with E-state index in [1.807, 2.05) is 0 Å². The van der Waals surface area contributed by atoms with E-state index in [2.05, 4.69) is 61.4 Å². The Hall–Kier alpha value is -1.51. The van der Waals surface area contributed by atoms with Crippen LogP contribution in [-0.4, -0.2) is 18.9 Å². The molecule has 1 heterocycles. The molecule has 0 N–H and O–H groups in total. The maximum Gasteiger partial charge on any atom is 0.508 e. The third-order valence-corrected chi connectivity index (χ3v) is 2.97. The lowest BCUT2D eigenvalue weighted by molar-refractivity contribution is 0.121. The lowest BCUT2D eigenvalue weighted by Gasteiger charge is -2.14. The lowest BCUT2D eigenvalue weighted by atomic mass is 9.91. The normalized spacial score (nSPS) is 17.8. The van der Waals surface area contributed by atoms with E-state index < -0.39 is 6.16 Å². The van der Waals surface area contributed by atoms with Gasteiger partial charge in [-0.1, -0.05) is 52.0 Å². The molecule has 1 saturated heterocycles. The molecule has 19 heavy (non-hydrogen) atoms. The van der Waals surface area contributed by atoms with Crippen molar-refractivity contribution in [1.29, 1.82) is 0 Å². The molecular weight excluding hydrogens is 240 g/mol. The number of ether oxygens (including phenoxy) is 2. The first-order chi connectivity index (χ1) is 8.91. The molecule has 1 aliphatic heterocycles. The highest BCUT2D eigenvalue weighted by Gasteiger charge is 2.19. The van der Waals surface area contributed by atoms with E-state index in [4.69, 9.17) is 0 Å². The average Bonchev–Trinajstić information content (AvgIpc) is 2.73. The molecule has 0 aromatic heterocycles. The fourth-order valence-corrected chi connectivity index (χ4v) is 1.98. The quantitative estimate of drug-likeness (QED) is 0.739. The van der Waals surface area contributed by atoms with Crippen LogP contribution in [0, 0.1) is 0 Å². The van der Waals surface area contributed by atoms with Gasteiger partial charge in [0.25, 0.3) is 0 Å². The molecule has 0 spiro atoms. The fraction of sp³-hybridized carbons (Fsp3) is 0.562. The molecule has 0 radical (unpaired) electrons. The summed E-state index contributed by atoms with van der Waals surface area (Å²) >= 11 is 0. The molecule has 3 nitrogen and oxygen atoms in total. The zero-order chi connectivity index (χ0) is 14.4. The van der Waals surface area contributed by atoms with Crippen molar-refractivity contribution in [3.05, 3.63) is 35.4 Å². The molecule has 106 valence electrons. The van der Waals surface area contributed by atoms with Crippen molar-refractivity contribution in [3.63, 3.8) is 0 Å². The van der Waals surface area contributed by atoms with Crippen molar-refractivity contribution < 1.29 is 14.3 Å². The van der Waals surface area contributed by atoms with Gasteiger partial charge in [0.1, 0.15) is 12.7 Å². The smallest absolute Gasteiger partial charge is 0.430 e. The first-order valence-corrected chi connectivity index (χ1v) is 6.84. The molecule has 1 atom stereocenters. The van der Waals surface area contributed by atoms with Crippen LogP contribution >= 0.6 is 0 Å². The van der Waals surface area contributed by atoms with Crippen LogP contribution < -0.4 is 0 Å². The van der Waals surface area contributed by atoms with Gasteiger partial charge in [-0.3, -0.25) is 0 Å². The van der Waals surface area contributed by atoms with Gasteiger partial charge in [-0.2, -0.15) is 0 Å². The van der Waals surface area contributed by atoms with E-state index in [0.29, 0.717) is 18.4 Å². The van der Waals surface area contributed by atoms with E-state index in [-0.39, 0.29) is 6.10 Å². The lowest BCUT2D eigenvalue weighted by Crippen LogP contribution is -2.01. The van der Waals surface area contributed by atoms with Gasteiger partial charge in [0.15, 0.2) is 0 Å². The van der Waals surface area contributed by atoms with Crippen molar-refractivity contribution >= 4 is 6.16 Å². The zero-order valence-corrected chi connectivity index (χ0v) is 12.5. The third-order valence-electron chi connectivity index (χ3n) is 2.97. The molecule has 0 bridgehead atoms. The van der Waals surface area contributed by atoms with Gasteiger partial charge in [0.2, 0.25) is 0 Å². The van der Waals surface area contributed by atoms with E-state index >= 15 is 0 Å². The molecule has 1 unspecified atom stereocenters. The predicted molar refractivity (Wildman–Crippen MR) is 76.5 cm³/mol. The predicted octanol–water partition coefficient (Wildman–Crippen LogP) is 4.48. The summed E-state index contributed by atoms with van der Waals surface area (Å²) in [6, 6.07) is 8.72. The summed E-state index contributed by atoms with van der Waals surface area (Å²) in [7, 11) is 0. The number of benzene rings is 1. The number of hydrogen-bond acceptors (Lipinski definition) is 3. The minimum atomic E-state index is -0.549. The van der Waals surface area contributed by atoms with Crippen molar-refractivity contribution in [2.75, 3.05) is 6.61 Å². The van der Waals surface area contributed by atoms with Crippen LogP contribution in [0.25, 0.3) is 0 Å². The minimum Gasteiger partial charge on any atom is -0.430 e. The van der Waals surface area contributed by atoms with Gasteiger partial charge in [-0.25, -0.2) is 4.79 Å². The maximum absolute atomic E-state index is 10.0. The molecule has 1 aromatic carbocycles. The summed E-state index contributed by atoms with van der Waals surface area (Å²) in [4.78, 5) is 10.0. The number of carbonyl (C=O) groups is 1. The summed E-state index contributed by atoms with van der Waals surface area (Å²) in [6.07, 6.45) is -0.597. The Bertz CT molecular complexity index is 383. The van der Waals surface area contributed by atoms with Crippen LogP contribution in [0.4, 0.5) is 4.79 Å². The topological polar surface area (TPSA) is 35.5 Å². The number of carbonyl (C=O) groups excluding carboxylic acids is 1. The molecule has 0 aliphatic carbocycles. The van der Waals surface area contributed by atoms with Crippen molar-refractivity contribution in [1.82, 2.24) is 0 Å². The van der Waals surface area contributed by atoms with Crippen molar-refractivity contribution in [2.45, 2.75) is 52.6 Å². The van der Waals surface area contributed by atoms with Crippen molar-refractivity contribution in [2.24, 2.45) is 0 Å². The standard InChI is InChI=1S/C12H18.C4H6O3/c1-9(2)11-7-5-6-8-12(11)10(3)4;1-3-2-6-4(5)7-3/h5-10H,1-4H3;3H,2H2,1H3. The summed E-state index contributed by atoms with van der Waals surface area (Å²) in [5.74, 6) is 1.28. The van der Waals surface area contributed by atoms with Gasteiger partial charge in [-0.05, 0) is 29.9 Å². The highest BCUT2D eigenvalue weighted by atomic mass is 16.8. The minimum absolute atomic E-state index is 0.0486. The summed E-state index contributed by atoms with van der Waals surface area (Å²) < 4.78 is 8.90. The second-order valence-corrected chi connectivity index (χ2v) is 5.43. The zero-order valence-electron chi connectivity index (χ0n) is 12.5. The van der Waals surface area contributed by atoms with Crippen LogP contribution in [0.1, 0.15) is 57.6 Å².